The van der Waals surface area contributed by atoms with Crippen molar-refractivity contribution in [3.8, 4) is 17.3 Å². The molecular weight excluding hydrogens is 399 g/mol. The number of benzene rings is 1. The monoisotopic (exact) mass is 418 g/mol. The predicted octanol–water partition coefficient (Wildman–Crippen LogP) is 2.81. The van der Waals surface area contributed by atoms with Crippen LogP contribution in [0.15, 0.2) is 52.2 Å². The molecule has 1 atom stereocenters. The fourth-order valence-electron chi connectivity index (χ4n) is 3.17. The smallest absolute Gasteiger partial charge is 0.316 e. The molecule has 1 aliphatic heterocycles. The van der Waals surface area contributed by atoms with Crippen LogP contribution in [0.3, 0.4) is 0 Å². The molecule has 0 N–H and O–H groups in total. The fourth-order valence-corrected chi connectivity index (χ4v) is 4.68. The second-order valence-electron chi connectivity index (χ2n) is 6.71. The Bertz CT molecular complexity index is 1080. The van der Waals surface area contributed by atoms with Crippen LogP contribution in [-0.4, -0.2) is 46.9 Å². The van der Waals surface area contributed by atoms with Crippen molar-refractivity contribution in [2.24, 2.45) is 0 Å². The highest BCUT2D eigenvalue weighted by atomic mass is 32.2. The Morgan fingerprint density at radius 3 is 2.59 bits per heavy atom. The van der Waals surface area contributed by atoms with E-state index in [1.165, 1.54) is 10.6 Å². The van der Waals surface area contributed by atoms with Crippen molar-refractivity contribution in [1.29, 1.82) is 0 Å². The van der Waals surface area contributed by atoms with Gasteiger partial charge in [0.15, 0.2) is 11.7 Å². The molecule has 0 radical (unpaired) electrons. The van der Waals surface area contributed by atoms with E-state index in [9.17, 15) is 12.8 Å². The van der Waals surface area contributed by atoms with Gasteiger partial charge in [-0.25, -0.2) is 27.8 Å². The first-order valence-corrected chi connectivity index (χ1v) is 10.5. The van der Waals surface area contributed by atoms with Crippen molar-refractivity contribution in [2.75, 3.05) is 13.1 Å². The summed E-state index contributed by atoms with van der Waals surface area (Å²) < 4.78 is 51.2. The summed E-state index contributed by atoms with van der Waals surface area (Å²) >= 11 is 0. The van der Waals surface area contributed by atoms with Crippen LogP contribution in [0.1, 0.15) is 18.7 Å². The number of halogens is 1. The number of hydrogen-bond donors (Lipinski definition) is 0. The summed E-state index contributed by atoms with van der Waals surface area (Å²) in [6.45, 7) is 2.32. The summed E-state index contributed by atoms with van der Waals surface area (Å²) in [6.07, 6.45) is 4.46. The molecule has 1 aliphatic rings. The van der Waals surface area contributed by atoms with E-state index in [0.717, 1.165) is 18.0 Å². The van der Waals surface area contributed by atoms with Gasteiger partial charge in [-0.1, -0.05) is 12.1 Å². The van der Waals surface area contributed by atoms with Gasteiger partial charge in [0.1, 0.15) is 18.1 Å². The lowest BCUT2D eigenvalue weighted by molar-refractivity contribution is 0.119. The molecule has 0 bridgehead atoms. The van der Waals surface area contributed by atoms with Gasteiger partial charge < -0.3 is 9.15 Å². The molecule has 0 saturated carbocycles. The van der Waals surface area contributed by atoms with Crippen molar-refractivity contribution in [2.45, 2.75) is 30.8 Å². The van der Waals surface area contributed by atoms with Crippen LogP contribution >= 0.6 is 0 Å². The highest BCUT2D eigenvalue weighted by Gasteiger charge is 2.31. The van der Waals surface area contributed by atoms with Gasteiger partial charge in [0.2, 0.25) is 10.0 Å². The van der Waals surface area contributed by atoms with E-state index >= 15 is 0 Å². The minimum Gasteiger partial charge on any atom is -0.459 e. The summed E-state index contributed by atoms with van der Waals surface area (Å²) in [7, 11) is -3.68. The van der Waals surface area contributed by atoms with Gasteiger partial charge in [0.25, 0.3) is 0 Å². The van der Waals surface area contributed by atoms with E-state index in [4.69, 9.17) is 9.15 Å². The number of piperidine rings is 1. The Kier molecular flexibility index (Phi) is 5.29. The fraction of sp³-hybridized carbons (Fsp3) is 0.316. The summed E-state index contributed by atoms with van der Waals surface area (Å²) in [5.74, 6) is -0.0179. The van der Waals surface area contributed by atoms with Gasteiger partial charge >= 0.3 is 6.01 Å². The number of aryl methyl sites for hydroxylation is 1. The van der Waals surface area contributed by atoms with E-state index in [0.29, 0.717) is 31.0 Å². The largest absolute Gasteiger partial charge is 0.459 e. The van der Waals surface area contributed by atoms with Crippen molar-refractivity contribution in [3.05, 3.63) is 54.6 Å². The third-order valence-corrected chi connectivity index (χ3v) is 6.50. The number of nitrogens with zero attached hydrogens (tertiary/aromatic N) is 4. The zero-order chi connectivity index (χ0) is 20.4. The minimum absolute atomic E-state index is 0.0305. The predicted molar refractivity (Wildman–Crippen MR) is 101 cm³/mol. The molecule has 10 heteroatoms. The molecule has 8 nitrogen and oxygen atoms in total. The molecule has 1 saturated heterocycles. The summed E-state index contributed by atoms with van der Waals surface area (Å²) in [6, 6.07) is 6.55. The second-order valence-corrected chi connectivity index (χ2v) is 8.64. The number of rotatable bonds is 5. The molecule has 0 amide bonds. The number of aromatic nitrogens is 3. The normalized spacial score (nSPS) is 17.9. The van der Waals surface area contributed by atoms with Gasteiger partial charge in [0, 0.05) is 19.0 Å². The van der Waals surface area contributed by atoms with Crippen LogP contribution in [0.2, 0.25) is 0 Å². The summed E-state index contributed by atoms with van der Waals surface area (Å²) in [4.78, 5) is 12.0. The lowest BCUT2D eigenvalue weighted by atomic mass is 10.1. The molecule has 3 aromatic rings. The zero-order valence-corrected chi connectivity index (χ0v) is 16.5. The lowest BCUT2D eigenvalue weighted by Crippen LogP contribution is -2.44. The first kappa shape index (κ1) is 19.5. The highest BCUT2D eigenvalue weighted by Crippen LogP contribution is 2.25. The third kappa shape index (κ3) is 4.28. The van der Waals surface area contributed by atoms with Gasteiger partial charge in [-0.2, -0.15) is 4.31 Å². The van der Waals surface area contributed by atoms with Gasteiger partial charge in [-0.05, 0) is 25.0 Å². The molecule has 1 unspecified atom stereocenters. The van der Waals surface area contributed by atoms with E-state index < -0.39 is 21.9 Å². The van der Waals surface area contributed by atoms with Crippen LogP contribution in [0.4, 0.5) is 4.39 Å². The quantitative estimate of drug-likeness (QED) is 0.628. The Balaban J connectivity index is 1.48. The van der Waals surface area contributed by atoms with Crippen molar-refractivity contribution >= 4 is 10.0 Å². The van der Waals surface area contributed by atoms with Crippen molar-refractivity contribution in [1.82, 2.24) is 19.3 Å². The van der Waals surface area contributed by atoms with Crippen LogP contribution in [0.5, 0.6) is 6.01 Å². The minimum atomic E-state index is -3.68. The molecule has 152 valence electrons. The van der Waals surface area contributed by atoms with Crippen molar-refractivity contribution in [3.63, 3.8) is 0 Å². The Morgan fingerprint density at radius 2 is 1.93 bits per heavy atom. The summed E-state index contributed by atoms with van der Waals surface area (Å²) in [5, 5.41) is 0. The molecule has 1 fully saturated rings. The SMILES string of the molecule is Cc1nc(-c2ccc(S(=O)(=O)N3CCCC(Oc4ncc(F)cn4)C3)cc2)co1. The number of oxazole rings is 1. The average Bonchev–Trinajstić information content (AvgIpc) is 3.16. The molecule has 3 heterocycles. The average molecular weight is 418 g/mol. The number of sulfonamides is 1. The van der Waals surface area contributed by atoms with Crippen molar-refractivity contribution < 1.29 is 22.0 Å². The van der Waals surface area contributed by atoms with E-state index in [2.05, 4.69) is 15.0 Å². The van der Waals surface area contributed by atoms with Crippen LogP contribution in [0.25, 0.3) is 11.3 Å². The van der Waals surface area contributed by atoms with E-state index in [1.807, 2.05) is 0 Å². The number of ether oxygens (including phenoxy) is 1. The summed E-state index contributed by atoms with van der Waals surface area (Å²) in [5.41, 5.74) is 1.42. The van der Waals surface area contributed by atoms with Gasteiger partial charge in [-0.15, -0.1) is 0 Å². The Morgan fingerprint density at radius 1 is 1.21 bits per heavy atom. The zero-order valence-electron chi connectivity index (χ0n) is 15.7. The molecule has 29 heavy (non-hydrogen) atoms. The molecule has 0 spiro atoms. The maximum Gasteiger partial charge on any atom is 0.316 e. The lowest BCUT2D eigenvalue weighted by Gasteiger charge is -2.31. The molecule has 2 aromatic heterocycles. The molecule has 1 aromatic carbocycles. The first-order chi connectivity index (χ1) is 13.9. The second kappa shape index (κ2) is 7.88. The molecular formula is C19H19FN4O4S. The standard InChI is InChI=1S/C19H19FN4O4S/c1-13-23-18(12-27-13)14-4-6-17(7-5-14)29(25,26)24-8-2-3-16(11-24)28-19-21-9-15(20)10-22-19/h4-7,9-10,12,16H,2-3,8,11H2,1H3. The maximum absolute atomic E-state index is 13.0. The maximum atomic E-state index is 13.0. The molecule has 4 rings (SSSR count). The topological polar surface area (TPSA) is 98.4 Å². The van der Waals surface area contributed by atoms with Crippen LogP contribution < -0.4 is 4.74 Å². The van der Waals surface area contributed by atoms with Gasteiger partial charge in [-0.3, -0.25) is 0 Å². The Hall–Kier alpha value is -2.85. The van der Waals surface area contributed by atoms with Crippen LogP contribution in [0, 0.1) is 12.7 Å². The highest BCUT2D eigenvalue weighted by molar-refractivity contribution is 7.89. The Labute approximate surface area is 167 Å². The third-order valence-electron chi connectivity index (χ3n) is 4.62. The molecule has 0 aliphatic carbocycles. The van der Waals surface area contributed by atoms with Crippen LogP contribution in [-0.2, 0) is 10.0 Å². The number of hydrogen-bond acceptors (Lipinski definition) is 7. The van der Waals surface area contributed by atoms with E-state index in [1.54, 1.807) is 31.2 Å². The first-order valence-electron chi connectivity index (χ1n) is 9.09. The van der Waals surface area contributed by atoms with E-state index in [-0.39, 0.29) is 17.5 Å². The van der Waals surface area contributed by atoms with Gasteiger partial charge in [0.05, 0.1) is 23.8 Å².